The fourth-order valence-corrected chi connectivity index (χ4v) is 3.13. The Kier molecular flexibility index (Phi) is 3.57. The lowest BCUT2D eigenvalue weighted by Gasteiger charge is -2.25. The van der Waals surface area contributed by atoms with Crippen molar-refractivity contribution >= 4 is 18.0 Å². The fourth-order valence-electron chi connectivity index (χ4n) is 3.13. The van der Waals surface area contributed by atoms with Gasteiger partial charge in [-0.2, -0.15) is 0 Å². The number of amides is 1. The standard InChI is InChI=1S/C17H16FN3O3/c18-15-4-12(21-8-13(9-22)24-17(21)23)1-2-14(15)16-3-10-5-19-6-11(10)7-20-16/h1-2,4-7,13,16,20,22H,3,8-9H2/t13-,16?/m1/s1. The van der Waals surface area contributed by atoms with E-state index in [1.165, 1.54) is 11.0 Å². The van der Waals surface area contributed by atoms with Gasteiger partial charge in [0.2, 0.25) is 0 Å². The lowest BCUT2D eigenvalue weighted by atomic mass is 9.93. The Balaban J connectivity index is 1.56. The summed E-state index contributed by atoms with van der Waals surface area (Å²) in [6.07, 6.45) is 4.92. The maximum Gasteiger partial charge on any atom is 0.414 e. The second kappa shape index (κ2) is 5.76. The molecule has 0 radical (unpaired) electrons. The molecule has 1 aromatic carbocycles. The summed E-state index contributed by atoms with van der Waals surface area (Å²) < 4.78 is 19.6. The topological polar surface area (TPSA) is 74.2 Å². The third-order valence-electron chi connectivity index (χ3n) is 4.43. The molecular formula is C17H16FN3O3. The highest BCUT2D eigenvalue weighted by molar-refractivity contribution is 5.90. The molecule has 6 nitrogen and oxygen atoms in total. The largest absolute Gasteiger partial charge is 0.441 e. The molecule has 0 saturated carbocycles. The highest BCUT2D eigenvalue weighted by Gasteiger charge is 2.32. The molecule has 0 bridgehead atoms. The van der Waals surface area contributed by atoms with Gasteiger partial charge in [0.05, 0.1) is 24.9 Å². The van der Waals surface area contributed by atoms with E-state index in [9.17, 15) is 9.18 Å². The van der Waals surface area contributed by atoms with Gasteiger partial charge < -0.3 is 15.2 Å². The van der Waals surface area contributed by atoms with Gasteiger partial charge in [-0.15, -0.1) is 0 Å². The Morgan fingerprint density at radius 3 is 3.08 bits per heavy atom. The smallest absolute Gasteiger partial charge is 0.414 e. The lowest BCUT2D eigenvalue weighted by Crippen LogP contribution is -2.26. The van der Waals surface area contributed by atoms with Gasteiger partial charge in [0.1, 0.15) is 11.9 Å². The van der Waals surface area contributed by atoms with E-state index in [4.69, 9.17) is 9.84 Å². The Morgan fingerprint density at radius 2 is 2.33 bits per heavy atom. The quantitative estimate of drug-likeness (QED) is 0.890. The minimum Gasteiger partial charge on any atom is -0.441 e. The second-order valence-electron chi connectivity index (χ2n) is 5.96. The first-order valence-corrected chi connectivity index (χ1v) is 7.73. The third kappa shape index (κ3) is 2.46. The molecule has 0 aromatic heterocycles. The number of nitrogens with zero attached hydrogens (tertiary/aromatic N) is 2. The summed E-state index contributed by atoms with van der Waals surface area (Å²) in [7, 11) is 0. The Labute approximate surface area is 137 Å². The Morgan fingerprint density at radius 1 is 1.46 bits per heavy atom. The van der Waals surface area contributed by atoms with Gasteiger partial charge in [0.25, 0.3) is 0 Å². The van der Waals surface area contributed by atoms with Crippen LogP contribution in [0.3, 0.4) is 0 Å². The zero-order chi connectivity index (χ0) is 16.7. The molecule has 7 heteroatoms. The molecule has 1 fully saturated rings. The predicted molar refractivity (Wildman–Crippen MR) is 86.3 cm³/mol. The van der Waals surface area contributed by atoms with Gasteiger partial charge in [0, 0.05) is 29.8 Å². The number of cyclic esters (lactones) is 1. The van der Waals surface area contributed by atoms with Gasteiger partial charge >= 0.3 is 6.09 Å². The summed E-state index contributed by atoms with van der Waals surface area (Å²) in [6.45, 7) is -0.0349. The van der Waals surface area contributed by atoms with Crippen LogP contribution < -0.4 is 10.2 Å². The van der Waals surface area contributed by atoms with Crippen LogP contribution in [0.4, 0.5) is 14.9 Å². The molecule has 1 amide bonds. The van der Waals surface area contributed by atoms with E-state index in [2.05, 4.69) is 10.3 Å². The van der Waals surface area contributed by atoms with E-state index >= 15 is 0 Å². The molecule has 4 rings (SSSR count). The molecule has 1 saturated heterocycles. The van der Waals surface area contributed by atoms with Crippen LogP contribution in [0, 0.1) is 5.82 Å². The fraction of sp³-hybridized carbons (Fsp3) is 0.294. The molecular weight excluding hydrogens is 313 g/mol. The molecule has 1 unspecified atom stereocenters. The molecule has 3 aliphatic heterocycles. The van der Waals surface area contributed by atoms with Crippen molar-refractivity contribution in [2.45, 2.75) is 18.6 Å². The van der Waals surface area contributed by atoms with Gasteiger partial charge in [-0.1, -0.05) is 6.07 Å². The number of aliphatic hydroxyl groups is 1. The number of fused-ring (bicyclic) bond motifs is 1. The number of aliphatic hydroxyl groups excluding tert-OH is 1. The number of halogens is 1. The van der Waals surface area contributed by atoms with Crippen molar-refractivity contribution in [3.05, 3.63) is 53.1 Å². The summed E-state index contributed by atoms with van der Waals surface area (Å²) in [5.74, 6) is -0.387. The summed E-state index contributed by atoms with van der Waals surface area (Å²) >= 11 is 0. The number of benzene rings is 1. The molecule has 0 aliphatic carbocycles. The highest BCUT2D eigenvalue weighted by atomic mass is 19.1. The highest BCUT2D eigenvalue weighted by Crippen LogP contribution is 2.33. The molecule has 3 aliphatic rings. The van der Waals surface area contributed by atoms with Crippen molar-refractivity contribution in [1.82, 2.24) is 5.32 Å². The van der Waals surface area contributed by atoms with Gasteiger partial charge in [0.15, 0.2) is 0 Å². The molecule has 1 aromatic rings. The Hall–Kier alpha value is -2.67. The average Bonchev–Trinajstić information content (AvgIpc) is 3.20. The number of hydrogen-bond donors (Lipinski definition) is 2. The van der Waals surface area contributed by atoms with Gasteiger partial charge in [-0.25, -0.2) is 9.18 Å². The molecule has 2 atom stereocenters. The van der Waals surface area contributed by atoms with Crippen molar-refractivity contribution in [3.63, 3.8) is 0 Å². The normalized spacial score (nSPS) is 25.1. The summed E-state index contributed by atoms with van der Waals surface area (Å²) in [6, 6.07) is 4.53. The van der Waals surface area contributed by atoms with Crippen LogP contribution in [0.5, 0.6) is 0 Å². The monoisotopic (exact) mass is 329 g/mol. The summed E-state index contributed by atoms with van der Waals surface area (Å²) in [5.41, 5.74) is 3.06. The number of ether oxygens (including phenoxy) is 1. The van der Waals surface area contributed by atoms with Crippen molar-refractivity contribution < 1.29 is 19.0 Å². The molecule has 3 heterocycles. The maximum absolute atomic E-state index is 14.6. The molecule has 24 heavy (non-hydrogen) atoms. The van der Waals surface area contributed by atoms with Crippen molar-refractivity contribution in [1.29, 1.82) is 0 Å². The summed E-state index contributed by atoms with van der Waals surface area (Å²) in [5, 5.41) is 12.3. The molecule has 0 spiro atoms. The number of hydrogen-bond acceptors (Lipinski definition) is 5. The Bertz CT molecular complexity index is 787. The first kappa shape index (κ1) is 14.9. The maximum atomic E-state index is 14.6. The molecule has 124 valence electrons. The third-order valence-corrected chi connectivity index (χ3v) is 4.43. The van der Waals surface area contributed by atoms with Crippen LogP contribution in [0.2, 0.25) is 0 Å². The van der Waals surface area contributed by atoms with Crippen LogP contribution in [0.1, 0.15) is 18.0 Å². The lowest BCUT2D eigenvalue weighted by molar-refractivity contribution is 0.0963. The summed E-state index contributed by atoms with van der Waals surface area (Å²) in [4.78, 5) is 17.2. The number of rotatable bonds is 3. The first-order chi connectivity index (χ1) is 11.7. The number of anilines is 1. The molecule has 2 N–H and O–H groups in total. The van der Waals surface area contributed by atoms with Crippen LogP contribution in [-0.2, 0) is 4.74 Å². The van der Waals surface area contributed by atoms with E-state index in [0.717, 1.165) is 11.1 Å². The van der Waals surface area contributed by atoms with E-state index in [-0.39, 0.29) is 25.0 Å². The zero-order valence-corrected chi connectivity index (χ0v) is 12.8. The minimum atomic E-state index is -0.571. The van der Waals surface area contributed by atoms with Gasteiger partial charge in [-0.05, 0) is 24.1 Å². The number of nitrogens with one attached hydrogen (secondary N) is 1. The van der Waals surface area contributed by atoms with Gasteiger partial charge in [-0.3, -0.25) is 9.89 Å². The zero-order valence-electron chi connectivity index (χ0n) is 12.8. The van der Waals surface area contributed by atoms with Crippen molar-refractivity contribution in [2.24, 2.45) is 4.99 Å². The van der Waals surface area contributed by atoms with E-state index in [1.54, 1.807) is 24.5 Å². The predicted octanol–water partition coefficient (Wildman–Crippen LogP) is 2.03. The second-order valence-corrected chi connectivity index (χ2v) is 5.96. The number of carbonyl (C=O) groups is 1. The van der Waals surface area contributed by atoms with E-state index in [1.807, 2.05) is 6.20 Å². The minimum absolute atomic E-state index is 0.175. The van der Waals surface area contributed by atoms with Crippen molar-refractivity contribution in [2.75, 3.05) is 18.1 Å². The first-order valence-electron chi connectivity index (χ1n) is 7.73. The average molecular weight is 329 g/mol. The SMILES string of the molecule is O=C1O[C@@H](CO)CN1c1ccc(C2CC3=CN=CC3=CN2)c(F)c1. The van der Waals surface area contributed by atoms with E-state index in [0.29, 0.717) is 17.7 Å². The van der Waals surface area contributed by atoms with Crippen LogP contribution >= 0.6 is 0 Å². The van der Waals surface area contributed by atoms with Crippen molar-refractivity contribution in [3.8, 4) is 0 Å². The van der Waals surface area contributed by atoms with E-state index < -0.39 is 12.2 Å². The number of allylic oxidation sites excluding steroid dienone is 1. The number of carbonyl (C=O) groups excluding carboxylic acids is 1. The number of aliphatic imine (C=N–C) groups is 1. The van der Waals surface area contributed by atoms with Crippen LogP contribution in [0.25, 0.3) is 0 Å². The van der Waals surface area contributed by atoms with Crippen LogP contribution in [0.15, 0.2) is 46.7 Å². The van der Waals surface area contributed by atoms with Crippen LogP contribution in [-0.4, -0.2) is 36.7 Å².